The lowest BCUT2D eigenvalue weighted by molar-refractivity contribution is -0.113. The fraction of sp³-hybridized carbons (Fsp3) is 0.278. The van der Waals surface area contributed by atoms with Crippen LogP contribution in [0.15, 0.2) is 50.7 Å². The largest absolute Gasteiger partial charge is 0.459 e. The number of amides is 1. The predicted molar refractivity (Wildman–Crippen MR) is 106 cm³/mol. The van der Waals surface area contributed by atoms with Crippen molar-refractivity contribution in [1.29, 1.82) is 0 Å². The van der Waals surface area contributed by atoms with Crippen molar-refractivity contribution in [3.8, 4) is 11.7 Å². The Morgan fingerprint density at radius 2 is 2.07 bits per heavy atom. The van der Waals surface area contributed by atoms with Gasteiger partial charge in [0.05, 0.1) is 41.6 Å². The summed E-state index contributed by atoms with van der Waals surface area (Å²) in [6.07, 6.45) is 1.52. The summed E-state index contributed by atoms with van der Waals surface area (Å²) in [4.78, 5) is 14.6. The molecule has 1 amide bonds. The number of nitrogens with zero attached hydrogens (tertiary/aromatic N) is 3. The highest BCUT2D eigenvalue weighted by molar-refractivity contribution is 7.99. The van der Waals surface area contributed by atoms with Gasteiger partial charge < -0.3 is 23.8 Å². The highest BCUT2D eigenvalue weighted by Crippen LogP contribution is 2.34. The summed E-state index contributed by atoms with van der Waals surface area (Å²) >= 11 is 7.54. The summed E-state index contributed by atoms with van der Waals surface area (Å²) in [7, 11) is 0. The molecule has 1 fully saturated rings. The third kappa shape index (κ3) is 4.32. The second-order valence-corrected chi connectivity index (χ2v) is 7.26. The number of aromatic nitrogens is 2. The minimum Gasteiger partial charge on any atom is -0.459 e. The average Bonchev–Trinajstić information content (AvgIpc) is 3.39. The van der Waals surface area contributed by atoms with Gasteiger partial charge in [0.25, 0.3) is 11.1 Å². The summed E-state index contributed by atoms with van der Waals surface area (Å²) in [5, 5.41) is 11.6. The summed E-state index contributed by atoms with van der Waals surface area (Å²) in [6.45, 7) is 2.70. The molecule has 1 N–H and O–H groups in total. The van der Waals surface area contributed by atoms with E-state index in [0.717, 1.165) is 30.5 Å². The van der Waals surface area contributed by atoms with E-state index in [1.54, 1.807) is 12.1 Å². The molecule has 28 heavy (non-hydrogen) atoms. The van der Waals surface area contributed by atoms with E-state index in [1.165, 1.54) is 6.26 Å². The van der Waals surface area contributed by atoms with Gasteiger partial charge in [-0.2, -0.15) is 0 Å². The van der Waals surface area contributed by atoms with Gasteiger partial charge in [0.1, 0.15) is 0 Å². The van der Waals surface area contributed by atoms with Crippen molar-refractivity contribution in [1.82, 2.24) is 10.2 Å². The lowest BCUT2D eigenvalue weighted by atomic mass is 10.2. The molecule has 0 atom stereocenters. The normalized spacial score (nSPS) is 14.2. The Morgan fingerprint density at radius 3 is 2.86 bits per heavy atom. The van der Waals surface area contributed by atoms with Crippen molar-refractivity contribution in [3.05, 3.63) is 41.6 Å². The Kier molecular flexibility index (Phi) is 5.84. The quantitative estimate of drug-likeness (QED) is 0.605. The topological polar surface area (TPSA) is 93.6 Å². The monoisotopic (exact) mass is 420 g/mol. The smallest absolute Gasteiger partial charge is 0.284 e. The molecule has 3 aromatic rings. The lowest BCUT2D eigenvalue weighted by Crippen LogP contribution is -2.37. The van der Waals surface area contributed by atoms with Gasteiger partial charge in [0.15, 0.2) is 5.76 Å². The van der Waals surface area contributed by atoms with E-state index in [-0.39, 0.29) is 17.6 Å². The van der Waals surface area contributed by atoms with E-state index in [4.69, 9.17) is 25.2 Å². The first-order valence-corrected chi connectivity index (χ1v) is 9.98. The number of anilines is 2. The van der Waals surface area contributed by atoms with Gasteiger partial charge in [-0.3, -0.25) is 4.79 Å². The number of furan rings is 1. The zero-order chi connectivity index (χ0) is 19.3. The Hall–Kier alpha value is -2.49. The zero-order valence-corrected chi connectivity index (χ0v) is 16.3. The van der Waals surface area contributed by atoms with Crippen molar-refractivity contribution in [2.45, 2.75) is 5.22 Å². The van der Waals surface area contributed by atoms with Gasteiger partial charge in [-0.25, -0.2) is 0 Å². The maximum Gasteiger partial charge on any atom is 0.284 e. The van der Waals surface area contributed by atoms with Crippen LogP contribution in [-0.2, 0) is 9.53 Å². The highest BCUT2D eigenvalue weighted by atomic mass is 35.5. The molecule has 0 radical (unpaired) electrons. The first kappa shape index (κ1) is 18.9. The summed E-state index contributed by atoms with van der Waals surface area (Å²) < 4.78 is 16.1. The number of ether oxygens (including phenoxy) is 1. The van der Waals surface area contributed by atoms with Gasteiger partial charge >= 0.3 is 0 Å². The van der Waals surface area contributed by atoms with E-state index < -0.39 is 0 Å². The number of rotatable bonds is 6. The fourth-order valence-corrected chi connectivity index (χ4v) is 3.66. The van der Waals surface area contributed by atoms with Gasteiger partial charge in [0.2, 0.25) is 5.91 Å². The number of nitrogens with one attached hydrogen (secondary N) is 1. The van der Waals surface area contributed by atoms with E-state index in [0.29, 0.717) is 34.9 Å². The number of benzene rings is 1. The Morgan fingerprint density at radius 1 is 1.21 bits per heavy atom. The number of para-hydroxylation sites is 1. The number of hydrogen-bond acceptors (Lipinski definition) is 8. The van der Waals surface area contributed by atoms with Crippen molar-refractivity contribution in [2.75, 3.05) is 42.3 Å². The van der Waals surface area contributed by atoms with Crippen LogP contribution in [0.3, 0.4) is 0 Å². The molecule has 10 heteroatoms. The predicted octanol–water partition coefficient (Wildman–Crippen LogP) is 3.55. The Labute approximate surface area is 170 Å². The summed E-state index contributed by atoms with van der Waals surface area (Å²) in [6, 6.07) is 8.91. The molecule has 1 aliphatic heterocycles. The molecular weight excluding hydrogens is 404 g/mol. The molecule has 0 spiro atoms. The van der Waals surface area contributed by atoms with Crippen LogP contribution in [0.2, 0.25) is 5.02 Å². The van der Waals surface area contributed by atoms with E-state index >= 15 is 0 Å². The van der Waals surface area contributed by atoms with Crippen LogP contribution in [0, 0.1) is 0 Å². The first-order chi connectivity index (χ1) is 13.7. The molecule has 0 aliphatic carbocycles. The molecule has 0 bridgehead atoms. The van der Waals surface area contributed by atoms with E-state index in [1.807, 2.05) is 18.2 Å². The molecule has 3 heterocycles. The van der Waals surface area contributed by atoms with Crippen LogP contribution in [0.5, 0.6) is 0 Å². The van der Waals surface area contributed by atoms with Crippen LogP contribution in [0.25, 0.3) is 11.7 Å². The number of carbonyl (C=O) groups is 1. The summed E-state index contributed by atoms with van der Waals surface area (Å²) in [5.41, 5.74) is 1.48. The van der Waals surface area contributed by atoms with Gasteiger partial charge in [0, 0.05) is 13.1 Å². The fourth-order valence-electron chi connectivity index (χ4n) is 2.81. The van der Waals surface area contributed by atoms with Crippen LogP contribution in [0.1, 0.15) is 0 Å². The molecule has 1 aromatic carbocycles. The molecule has 146 valence electrons. The molecule has 4 rings (SSSR count). The van der Waals surface area contributed by atoms with E-state index in [2.05, 4.69) is 20.4 Å². The number of carbonyl (C=O) groups excluding carboxylic acids is 1. The number of halogens is 1. The molecule has 2 aromatic heterocycles. The van der Waals surface area contributed by atoms with Crippen molar-refractivity contribution in [2.24, 2.45) is 0 Å². The highest BCUT2D eigenvalue weighted by Gasteiger charge is 2.19. The third-order valence-electron chi connectivity index (χ3n) is 4.05. The van der Waals surface area contributed by atoms with Crippen molar-refractivity contribution >= 4 is 40.6 Å². The minimum atomic E-state index is -0.195. The molecule has 0 saturated carbocycles. The molecule has 0 unspecified atom stereocenters. The lowest BCUT2D eigenvalue weighted by Gasteiger charge is -2.31. The number of morpholine rings is 1. The van der Waals surface area contributed by atoms with Crippen molar-refractivity contribution in [3.63, 3.8) is 0 Å². The van der Waals surface area contributed by atoms with Gasteiger partial charge in [-0.15, -0.1) is 10.2 Å². The SMILES string of the molecule is O=C(CSc1nnc(-c2ccco2)o1)Nc1cccc(Cl)c1N1CCOCC1. The van der Waals surface area contributed by atoms with Gasteiger partial charge in [-0.1, -0.05) is 29.4 Å². The Bertz CT molecular complexity index is 941. The maximum absolute atomic E-state index is 12.4. The molecule has 8 nitrogen and oxygen atoms in total. The minimum absolute atomic E-state index is 0.120. The summed E-state index contributed by atoms with van der Waals surface area (Å²) in [5.74, 6) is 0.684. The second-order valence-electron chi connectivity index (χ2n) is 5.92. The maximum atomic E-state index is 12.4. The van der Waals surface area contributed by atoms with Gasteiger partial charge in [-0.05, 0) is 24.3 Å². The first-order valence-electron chi connectivity index (χ1n) is 8.62. The van der Waals surface area contributed by atoms with Crippen LogP contribution >= 0.6 is 23.4 Å². The number of hydrogen-bond donors (Lipinski definition) is 1. The van der Waals surface area contributed by atoms with Crippen molar-refractivity contribution < 1.29 is 18.4 Å². The zero-order valence-electron chi connectivity index (χ0n) is 14.8. The molecular formula is C18H17ClN4O4S. The average molecular weight is 421 g/mol. The third-order valence-corrected chi connectivity index (χ3v) is 5.18. The van der Waals surface area contributed by atoms with Crippen LogP contribution < -0.4 is 10.2 Å². The van der Waals surface area contributed by atoms with E-state index in [9.17, 15) is 4.79 Å². The second kappa shape index (κ2) is 8.68. The number of thioether (sulfide) groups is 1. The van der Waals surface area contributed by atoms with Crippen LogP contribution in [-0.4, -0.2) is 48.2 Å². The standard InChI is InChI=1S/C18H17ClN4O4S/c19-12-3-1-4-13(16(12)23-6-9-25-10-7-23)20-15(24)11-28-18-22-21-17(27-18)14-5-2-8-26-14/h1-5,8H,6-7,9-11H2,(H,20,24). The molecule has 1 aliphatic rings. The molecule has 1 saturated heterocycles. The van der Waals surface area contributed by atoms with Crippen LogP contribution in [0.4, 0.5) is 11.4 Å². The Balaban J connectivity index is 1.39.